The van der Waals surface area contributed by atoms with Crippen molar-refractivity contribution in [2.45, 2.75) is 44.9 Å². The van der Waals surface area contributed by atoms with E-state index < -0.39 is 0 Å². The van der Waals surface area contributed by atoms with Crippen molar-refractivity contribution in [1.82, 2.24) is 10.2 Å². The van der Waals surface area contributed by atoms with Crippen molar-refractivity contribution in [2.75, 3.05) is 31.9 Å². The molecular weight excluding hydrogens is 204 g/mol. The minimum Gasteiger partial charge on any atom is -0.311 e. The van der Waals surface area contributed by atoms with Gasteiger partial charge in [-0.15, -0.1) is 0 Å². The van der Waals surface area contributed by atoms with E-state index in [0.29, 0.717) is 0 Å². The lowest BCUT2D eigenvalue weighted by molar-refractivity contribution is 0.267. The molecule has 1 atom stereocenters. The van der Waals surface area contributed by atoms with Crippen molar-refractivity contribution in [2.24, 2.45) is 0 Å². The quantitative estimate of drug-likeness (QED) is 0.797. The monoisotopic (exact) mass is 230 g/mol. The Balaban J connectivity index is 2.15. The summed E-state index contributed by atoms with van der Waals surface area (Å²) in [7, 11) is 0. The number of nitrogens with one attached hydrogen (secondary N) is 1. The van der Waals surface area contributed by atoms with Crippen LogP contribution in [0, 0.1) is 0 Å². The Labute approximate surface area is 99.2 Å². The molecule has 3 heteroatoms. The van der Waals surface area contributed by atoms with Crippen LogP contribution in [0.3, 0.4) is 0 Å². The SMILES string of the molecule is CCC1CN(CCNC(C)(C)C)CCS1. The van der Waals surface area contributed by atoms with Crippen LogP contribution in [-0.2, 0) is 0 Å². The molecule has 0 aromatic rings. The Morgan fingerprint density at radius 3 is 2.73 bits per heavy atom. The topological polar surface area (TPSA) is 15.3 Å². The molecule has 0 radical (unpaired) electrons. The van der Waals surface area contributed by atoms with Crippen molar-refractivity contribution in [1.29, 1.82) is 0 Å². The van der Waals surface area contributed by atoms with E-state index in [0.717, 1.165) is 11.8 Å². The molecule has 1 rings (SSSR count). The van der Waals surface area contributed by atoms with Crippen molar-refractivity contribution in [3.63, 3.8) is 0 Å². The number of rotatable bonds is 4. The fourth-order valence-electron chi connectivity index (χ4n) is 1.82. The van der Waals surface area contributed by atoms with Gasteiger partial charge in [-0.1, -0.05) is 6.92 Å². The molecule has 0 aromatic heterocycles. The Kier molecular flexibility index (Phi) is 5.44. The van der Waals surface area contributed by atoms with E-state index in [-0.39, 0.29) is 5.54 Å². The van der Waals surface area contributed by atoms with Crippen LogP contribution < -0.4 is 5.32 Å². The summed E-state index contributed by atoms with van der Waals surface area (Å²) in [5, 5.41) is 4.42. The Bertz CT molecular complexity index is 177. The number of nitrogens with zero attached hydrogens (tertiary/aromatic N) is 1. The third-order valence-electron chi connectivity index (χ3n) is 2.76. The van der Waals surface area contributed by atoms with Gasteiger partial charge in [-0.3, -0.25) is 0 Å². The van der Waals surface area contributed by atoms with Gasteiger partial charge in [-0.25, -0.2) is 0 Å². The van der Waals surface area contributed by atoms with Crippen LogP contribution in [0.1, 0.15) is 34.1 Å². The van der Waals surface area contributed by atoms with Crippen LogP contribution in [-0.4, -0.2) is 47.6 Å². The molecule has 0 saturated carbocycles. The van der Waals surface area contributed by atoms with Gasteiger partial charge in [0.15, 0.2) is 0 Å². The lowest BCUT2D eigenvalue weighted by Gasteiger charge is -2.32. The van der Waals surface area contributed by atoms with Gasteiger partial charge in [0.1, 0.15) is 0 Å². The van der Waals surface area contributed by atoms with E-state index in [4.69, 9.17) is 0 Å². The highest BCUT2D eigenvalue weighted by molar-refractivity contribution is 8.00. The number of hydrogen-bond donors (Lipinski definition) is 1. The Hall–Kier alpha value is 0.270. The molecule has 15 heavy (non-hydrogen) atoms. The van der Waals surface area contributed by atoms with Gasteiger partial charge in [0.25, 0.3) is 0 Å². The highest BCUT2D eigenvalue weighted by Crippen LogP contribution is 2.20. The third-order valence-corrected chi connectivity index (χ3v) is 4.13. The molecule has 1 N–H and O–H groups in total. The van der Waals surface area contributed by atoms with Gasteiger partial charge in [0, 0.05) is 42.7 Å². The summed E-state index contributed by atoms with van der Waals surface area (Å²) in [6, 6.07) is 0. The lowest BCUT2D eigenvalue weighted by atomic mass is 10.1. The summed E-state index contributed by atoms with van der Waals surface area (Å²) in [5.41, 5.74) is 0.259. The zero-order chi connectivity index (χ0) is 11.3. The predicted molar refractivity (Wildman–Crippen MR) is 70.7 cm³/mol. The van der Waals surface area contributed by atoms with Gasteiger partial charge in [-0.2, -0.15) is 11.8 Å². The van der Waals surface area contributed by atoms with Crippen LogP contribution in [0.5, 0.6) is 0 Å². The maximum Gasteiger partial charge on any atom is 0.0172 e. The van der Waals surface area contributed by atoms with E-state index in [1.165, 1.54) is 31.8 Å². The summed E-state index contributed by atoms with van der Waals surface area (Å²) in [6.45, 7) is 13.9. The van der Waals surface area contributed by atoms with E-state index in [2.05, 4.69) is 49.7 Å². The molecule has 1 unspecified atom stereocenters. The van der Waals surface area contributed by atoms with Crippen LogP contribution in [0.25, 0.3) is 0 Å². The summed E-state index contributed by atoms with van der Waals surface area (Å²) >= 11 is 2.14. The second-order valence-corrected chi connectivity index (χ2v) is 6.79. The van der Waals surface area contributed by atoms with Crippen molar-refractivity contribution in [3.8, 4) is 0 Å². The van der Waals surface area contributed by atoms with E-state index >= 15 is 0 Å². The van der Waals surface area contributed by atoms with E-state index in [1.54, 1.807) is 0 Å². The maximum atomic E-state index is 3.55. The van der Waals surface area contributed by atoms with Crippen LogP contribution in [0.4, 0.5) is 0 Å². The molecule has 90 valence electrons. The highest BCUT2D eigenvalue weighted by Gasteiger charge is 2.18. The Morgan fingerprint density at radius 1 is 1.40 bits per heavy atom. The van der Waals surface area contributed by atoms with E-state index in [1.807, 2.05) is 0 Å². The zero-order valence-corrected chi connectivity index (χ0v) is 11.5. The van der Waals surface area contributed by atoms with Gasteiger partial charge in [0.05, 0.1) is 0 Å². The first-order valence-electron chi connectivity index (χ1n) is 6.10. The molecule has 1 saturated heterocycles. The minimum atomic E-state index is 0.259. The fraction of sp³-hybridized carbons (Fsp3) is 1.00. The van der Waals surface area contributed by atoms with Crippen molar-refractivity contribution >= 4 is 11.8 Å². The van der Waals surface area contributed by atoms with Gasteiger partial charge < -0.3 is 10.2 Å². The largest absolute Gasteiger partial charge is 0.311 e. The van der Waals surface area contributed by atoms with E-state index in [9.17, 15) is 0 Å². The average Bonchev–Trinajstić information content (AvgIpc) is 2.16. The van der Waals surface area contributed by atoms with Gasteiger partial charge in [-0.05, 0) is 27.2 Å². The molecule has 0 spiro atoms. The summed E-state index contributed by atoms with van der Waals surface area (Å²) in [4.78, 5) is 2.60. The van der Waals surface area contributed by atoms with Gasteiger partial charge >= 0.3 is 0 Å². The van der Waals surface area contributed by atoms with Crippen LogP contribution in [0.15, 0.2) is 0 Å². The molecule has 1 aliphatic heterocycles. The molecule has 0 aliphatic carbocycles. The second kappa shape index (κ2) is 6.12. The van der Waals surface area contributed by atoms with Crippen molar-refractivity contribution < 1.29 is 0 Å². The smallest absolute Gasteiger partial charge is 0.0172 e. The Morgan fingerprint density at radius 2 is 2.13 bits per heavy atom. The predicted octanol–water partition coefficient (Wildman–Crippen LogP) is 2.20. The summed E-state index contributed by atoms with van der Waals surface area (Å²) in [5.74, 6) is 1.31. The first-order chi connectivity index (χ1) is 7.01. The lowest BCUT2D eigenvalue weighted by Crippen LogP contribution is -2.45. The molecule has 2 nitrogen and oxygen atoms in total. The first-order valence-corrected chi connectivity index (χ1v) is 7.15. The number of thioether (sulfide) groups is 1. The second-order valence-electron chi connectivity index (χ2n) is 5.38. The molecule has 1 heterocycles. The fourth-order valence-corrected chi connectivity index (χ4v) is 3.07. The first kappa shape index (κ1) is 13.3. The highest BCUT2D eigenvalue weighted by atomic mass is 32.2. The zero-order valence-electron chi connectivity index (χ0n) is 10.7. The normalized spacial score (nSPS) is 24.4. The maximum absolute atomic E-state index is 3.55. The number of hydrogen-bond acceptors (Lipinski definition) is 3. The molecule has 1 aliphatic rings. The van der Waals surface area contributed by atoms with Gasteiger partial charge in [0.2, 0.25) is 0 Å². The summed E-state index contributed by atoms with van der Waals surface area (Å²) < 4.78 is 0. The molecule has 0 amide bonds. The van der Waals surface area contributed by atoms with Crippen molar-refractivity contribution in [3.05, 3.63) is 0 Å². The molecule has 1 fully saturated rings. The molecule has 0 aromatic carbocycles. The molecule has 0 bridgehead atoms. The summed E-state index contributed by atoms with van der Waals surface area (Å²) in [6.07, 6.45) is 1.31. The standard InChI is InChI=1S/C12H26N2S/c1-5-11-10-14(8-9-15-11)7-6-13-12(2,3)4/h11,13H,5-10H2,1-4H3. The average molecular weight is 230 g/mol. The van der Waals surface area contributed by atoms with Crippen LogP contribution in [0.2, 0.25) is 0 Å². The minimum absolute atomic E-state index is 0.259. The van der Waals surface area contributed by atoms with Crippen LogP contribution >= 0.6 is 11.8 Å². The molecular formula is C12H26N2S. The third kappa shape index (κ3) is 5.79.